The van der Waals surface area contributed by atoms with Crippen molar-refractivity contribution >= 4 is 27.5 Å². The first-order chi connectivity index (χ1) is 14.6. The summed E-state index contributed by atoms with van der Waals surface area (Å²) in [5, 5.41) is 4.46. The van der Waals surface area contributed by atoms with Crippen LogP contribution in [-0.4, -0.2) is 22.2 Å². The molecule has 1 aromatic carbocycles. The Hall–Kier alpha value is -3.59. The highest BCUT2D eigenvalue weighted by Gasteiger charge is 2.17. The number of methoxy groups -OCH3 is 1. The maximum Gasteiger partial charge on any atom is 0.332 e. The topological polar surface area (TPSA) is 95.5 Å². The summed E-state index contributed by atoms with van der Waals surface area (Å²) in [7, 11) is 1.55. The van der Waals surface area contributed by atoms with Crippen LogP contribution in [0.4, 0.5) is 0 Å². The van der Waals surface area contributed by atoms with E-state index in [-0.39, 0.29) is 31.1 Å². The van der Waals surface area contributed by atoms with E-state index in [1.807, 2.05) is 6.07 Å². The predicted octanol–water partition coefficient (Wildman–Crippen LogP) is 2.19. The molecule has 3 aromatic heterocycles. The minimum Gasteiger partial charge on any atom is -0.497 e. The van der Waals surface area contributed by atoms with Gasteiger partial charge in [-0.15, -0.1) is 11.3 Å². The van der Waals surface area contributed by atoms with Gasteiger partial charge in [0.1, 0.15) is 22.8 Å². The quantitative estimate of drug-likeness (QED) is 0.490. The molecule has 8 nitrogen and oxygen atoms in total. The summed E-state index contributed by atoms with van der Waals surface area (Å²) in [5.74, 6) is 0.891. The zero-order valence-electron chi connectivity index (χ0n) is 16.2. The largest absolute Gasteiger partial charge is 0.497 e. The summed E-state index contributed by atoms with van der Waals surface area (Å²) in [6.07, 6.45) is 1.52. The minimum absolute atomic E-state index is 0.0801. The first-order valence-corrected chi connectivity index (χ1v) is 10.1. The van der Waals surface area contributed by atoms with E-state index in [0.717, 1.165) is 10.1 Å². The number of fused-ring (bicyclic) bond motifs is 1. The van der Waals surface area contributed by atoms with Crippen LogP contribution in [0.15, 0.2) is 68.1 Å². The highest BCUT2D eigenvalue weighted by atomic mass is 32.1. The van der Waals surface area contributed by atoms with Gasteiger partial charge in [0, 0.05) is 0 Å². The summed E-state index contributed by atoms with van der Waals surface area (Å²) >= 11 is 1.24. The number of amides is 1. The number of nitrogens with one attached hydrogen (secondary N) is 1. The SMILES string of the molecule is COc1cccc(Cn2c(=O)c3sccc3n(CC(=O)NCc3ccco3)c2=O)c1. The number of nitrogens with zero attached hydrogens (tertiary/aromatic N) is 2. The van der Waals surface area contributed by atoms with E-state index >= 15 is 0 Å². The predicted molar refractivity (Wildman–Crippen MR) is 113 cm³/mol. The fourth-order valence-electron chi connectivity index (χ4n) is 3.18. The Labute approximate surface area is 174 Å². The van der Waals surface area contributed by atoms with E-state index in [9.17, 15) is 14.4 Å². The molecule has 3 heterocycles. The van der Waals surface area contributed by atoms with Crippen LogP contribution < -0.4 is 21.3 Å². The van der Waals surface area contributed by atoms with Gasteiger partial charge in [-0.2, -0.15) is 0 Å². The lowest BCUT2D eigenvalue weighted by Crippen LogP contribution is -2.42. The van der Waals surface area contributed by atoms with E-state index in [1.54, 1.807) is 48.9 Å². The van der Waals surface area contributed by atoms with Gasteiger partial charge in [-0.1, -0.05) is 12.1 Å². The van der Waals surface area contributed by atoms with E-state index in [0.29, 0.717) is 21.7 Å². The van der Waals surface area contributed by atoms with Gasteiger partial charge in [-0.05, 0) is 41.3 Å². The number of hydrogen-bond acceptors (Lipinski definition) is 6. The van der Waals surface area contributed by atoms with Crippen molar-refractivity contribution in [2.24, 2.45) is 0 Å². The van der Waals surface area contributed by atoms with E-state index in [1.165, 1.54) is 22.2 Å². The third kappa shape index (κ3) is 3.92. The van der Waals surface area contributed by atoms with Crippen molar-refractivity contribution in [2.45, 2.75) is 19.6 Å². The molecule has 0 saturated carbocycles. The van der Waals surface area contributed by atoms with Crippen molar-refractivity contribution in [3.05, 3.63) is 86.3 Å². The highest BCUT2D eigenvalue weighted by Crippen LogP contribution is 2.17. The molecular weight excluding hydrogens is 406 g/mol. The number of carbonyl (C=O) groups excluding carboxylic acids is 1. The fraction of sp³-hybridized carbons (Fsp3) is 0.190. The molecule has 0 bridgehead atoms. The summed E-state index contributed by atoms with van der Waals surface area (Å²) < 4.78 is 13.3. The van der Waals surface area contributed by atoms with Crippen LogP contribution in [0.1, 0.15) is 11.3 Å². The van der Waals surface area contributed by atoms with E-state index < -0.39 is 5.69 Å². The Morgan fingerprint density at radius 1 is 1.17 bits per heavy atom. The van der Waals surface area contributed by atoms with Crippen molar-refractivity contribution in [3.63, 3.8) is 0 Å². The molecule has 1 N–H and O–H groups in total. The van der Waals surface area contributed by atoms with Gasteiger partial charge in [0.05, 0.1) is 32.0 Å². The molecule has 0 spiro atoms. The van der Waals surface area contributed by atoms with Crippen LogP contribution in [0.25, 0.3) is 10.2 Å². The molecule has 0 atom stereocenters. The summed E-state index contributed by atoms with van der Waals surface area (Å²) in [6.45, 7) is 0.0959. The first kappa shape index (κ1) is 19.7. The Balaban J connectivity index is 1.67. The lowest BCUT2D eigenvalue weighted by molar-refractivity contribution is -0.121. The summed E-state index contributed by atoms with van der Waals surface area (Å²) in [4.78, 5) is 38.5. The van der Waals surface area contributed by atoms with Crippen LogP contribution in [-0.2, 0) is 24.4 Å². The molecule has 154 valence electrons. The standard InChI is InChI=1S/C21H19N3O5S/c1-28-15-5-2-4-14(10-15)12-24-20(26)19-17(7-9-30-19)23(21(24)27)13-18(25)22-11-16-6-3-8-29-16/h2-10H,11-13H2,1H3,(H,22,25). The van der Waals surface area contributed by atoms with Gasteiger partial charge >= 0.3 is 5.69 Å². The van der Waals surface area contributed by atoms with Gasteiger partial charge in [0.2, 0.25) is 5.91 Å². The number of hydrogen-bond donors (Lipinski definition) is 1. The Morgan fingerprint density at radius 3 is 2.80 bits per heavy atom. The molecule has 4 rings (SSSR count). The van der Waals surface area contributed by atoms with Gasteiger partial charge in [0.15, 0.2) is 0 Å². The highest BCUT2D eigenvalue weighted by molar-refractivity contribution is 7.17. The van der Waals surface area contributed by atoms with Crippen LogP contribution in [0.3, 0.4) is 0 Å². The number of furan rings is 1. The monoisotopic (exact) mass is 425 g/mol. The van der Waals surface area contributed by atoms with Crippen LogP contribution in [0, 0.1) is 0 Å². The maximum absolute atomic E-state index is 13.1. The van der Waals surface area contributed by atoms with Crippen molar-refractivity contribution < 1.29 is 13.9 Å². The van der Waals surface area contributed by atoms with Crippen LogP contribution in [0.5, 0.6) is 5.75 Å². The third-order valence-electron chi connectivity index (χ3n) is 4.65. The van der Waals surface area contributed by atoms with Crippen LogP contribution in [0.2, 0.25) is 0 Å². The molecule has 0 aliphatic carbocycles. The van der Waals surface area contributed by atoms with Crippen LogP contribution >= 0.6 is 11.3 Å². The molecule has 9 heteroatoms. The Bertz CT molecular complexity index is 1300. The number of carbonyl (C=O) groups is 1. The maximum atomic E-state index is 13.1. The smallest absolute Gasteiger partial charge is 0.332 e. The van der Waals surface area contributed by atoms with Crippen molar-refractivity contribution in [2.75, 3.05) is 7.11 Å². The number of ether oxygens (including phenoxy) is 1. The zero-order chi connectivity index (χ0) is 21.1. The Morgan fingerprint density at radius 2 is 2.03 bits per heavy atom. The average molecular weight is 425 g/mol. The lowest BCUT2D eigenvalue weighted by atomic mass is 10.2. The molecule has 0 radical (unpaired) electrons. The summed E-state index contributed by atoms with van der Waals surface area (Å²) in [6, 6.07) is 12.3. The van der Waals surface area contributed by atoms with Gasteiger partial charge in [0.25, 0.3) is 5.56 Å². The van der Waals surface area contributed by atoms with Gasteiger partial charge in [-0.3, -0.25) is 18.7 Å². The third-order valence-corrected chi connectivity index (χ3v) is 5.54. The van der Waals surface area contributed by atoms with Gasteiger partial charge < -0.3 is 14.5 Å². The minimum atomic E-state index is -0.540. The molecule has 0 aliphatic heterocycles. The number of aromatic nitrogens is 2. The molecule has 1 amide bonds. The van der Waals surface area contributed by atoms with E-state index in [2.05, 4.69) is 5.32 Å². The Kier molecular flexibility index (Phi) is 5.53. The van der Waals surface area contributed by atoms with Crippen molar-refractivity contribution in [1.82, 2.24) is 14.5 Å². The van der Waals surface area contributed by atoms with Gasteiger partial charge in [-0.25, -0.2) is 4.79 Å². The molecule has 0 unspecified atom stereocenters. The molecule has 30 heavy (non-hydrogen) atoms. The normalized spacial score (nSPS) is 11.0. The average Bonchev–Trinajstić information content (AvgIpc) is 3.45. The fourth-order valence-corrected chi connectivity index (χ4v) is 4.02. The second-order valence-electron chi connectivity index (χ2n) is 6.60. The number of benzene rings is 1. The molecule has 0 aliphatic rings. The second-order valence-corrected chi connectivity index (χ2v) is 7.52. The van der Waals surface area contributed by atoms with E-state index in [4.69, 9.17) is 9.15 Å². The lowest BCUT2D eigenvalue weighted by Gasteiger charge is -2.12. The molecule has 0 fully saturated rings. The zero-order valence-corrected chi connectivity index (χ0v) is 17.0. The molecule has 4 aromatic rings. The summed E-state index contributed by atoms with van der Waals surface area (Å²) in [5.41, 5.74) is 0.283. The number of thiophene rings is 1. The van der Waals surface area contributed by atoms with Crippen molar-refractivity contribution in [1.29, 1.82) is 0 Å². The van der Waals surface area contributed by atoms with Crippen molar-refractivity contribution in [3.8, 4) is 5.75 Å². The molecule has 0 saturated heterocycles. The number of rotatable bonds is 7. The second kappa shape index (κ2) is 8.42. The first-order valence-electron chi connectivity index (χ1n) is 9.19. The molecular formula is C21H19N3O5S.